The Kier molecular flexibility index (Phi) is 5.14. The molecule has 0 atom stereocenters. The van der Waals surface area contributed by atoms with E-state index in [-0.39, 0.29) is 5.91 Å². The van der Waals surface area contributed by atoms with Gasteiger partial charge in [0.15, 0.2) is 0 Å². The summed E-state index contributed by atoms with van der Waals surface area (Å²) in [5.41, 5.74) is 1.35. The lowest BCUT2D eigenvalue weighted by Gasteiger charge is -2.34. The molecule has 0 unspecified atom stereocenters. The molecule has 1 saturated heterocycles. The van der Waals surface area contributed by atoms with Crippen LogP contribution in [-0.4, -0.2) is 46.9 Å². The number of fused-ring (bicyclic) bond motifs is 1. The standard InChI is InChI=1S/C23H21N3OS2/c27-23(21-15-24-22(29-21)20-9-4-14-28-20)26-12-10-25(11-13-26)16-18-7-3-6-17-5-1-2-8-19(17)18/h1-9,14-15H,10-13,16H2. The Morgan fingerprint density at radius 1 is 0.966 bits per heavy atom. The normalized spacial score (nSPS) is 15.1. The first kappa shape index (κ1) is 18.5. The molecule has 2 aromatic heterocycles. The summed E-state index contributed by atoms with van der Waals surface area (Å²) in [5, 5.41) is 5.57. The number of carbonyl (C=O) groups excluding carboxylic acids is 1. The lowest BCUT2D eigenvalue weighted by Crippen LogP contribution is -2.48. The zero-order valence-corrected chi connectivity index (χ0v) is 17.6. The maximum Gasteiger partial charge on any atom is 0.265 e. The number of piperazine rings is 1. The minimum absolute atomic E-state index is 0.107. The van der Waals surface area contributed by atoms with E-state index >= 15 is 0 Å². The van der Waals surface area contributed by atoms with Crippen LogP contribution in [-0.2, 0) is 6.54 Å². The van der Waals surface area contributed by atoms with Crippen LogP contribution in [0.15, 0.2) is 66.2 Å². The van der Waals surface area contributed by atoms with Gasteiger partial charge >= 0.3 is 0 Å². The van der Waals surface area contributed by atoms with Crippen molar-refractivity contribution in [2.45, 2.75) is 6.54 Å². The second-order valence-electron chi connectivity index (χ2n) is 7.21. The third kappa shape index (κ3) is 3.83. The molecule has 29 heavy (non-hydrogen) atoms. The molecule has 0 aliphatic carbocycles. The van der Waals surface area contributed by atoms with E-state index in [4.69, 9.17) is 0 Å². The van der Waals surface area contributed by atoms with Gasteiger partial charge < -0.3 is 4.90 Å². The second kappa shape index (κ2) is 8.06. The Bertz CT molecular complexity index is 1120. The molecular formula is C23H21N3OS2. The fourth-order valence-corrected chi connectivity index (χ4v) is 5.51. The van der Waals surface area contributed by atoms with Crippen molar-refractivity contribution in [3.05, 3.63) is 76.6 Å². The lowest BCUT2D eigenvalue weighted by atomic mass is 10.0. The molecule has 146 valence electrons. The Morgan fingerprint density at radius 2 is 1.79 bits per heavy atom. The lowest BCUT2D eigenvalue weighted by molar-refractivity contribution is 0.0633. The van der Waals surface area contributed by atoms with Crippen LogP contribution in [0, 0.1) is 0 Å². The van der Waals surface area contributed by atoms with Crippen molar-refractivity contribution in [2.24, 2.45) is 0 Å². The monoisotopic (exact) mass is 419 g/mol. The first-order valence-corrected chi connectivity index (χ1v) is 11.5. The fraction of sp³-hybridized carbons (Fsp3) is 0.217. The van der Waals surface area contributed by atoms with Crippen LogP contribution in [0.4, 0.5) is 0 Å². The summed E-state index contributed by atoms with van der Waals surface area (Å²) in [6.07, 6.45) is 1.73. The highest BCUT2D eigenvalue weighted by Gasteiger charge is 2.24. The maximum atomic E-state index is 12.9. The summed E-state index contributed by atoms with van der Waals surface area (Å²) in [5.74, 6) is 0.107. The van der Waals surface area contributed by atoms with Gasteiger partial charge in [-0.25, -0.2) is 4.98 Å². The molecule has 3 heterocycles. The number of nitrogens with zero attached hydrogens (tertiary/aromatic N) is 3. The van der Waals surface area contributed by atoms with Crippen LogP contribution in [0.2, 0.25) is 0 Å². The average Bonchev–Trinajstić information content (AvgIpc) is 3.46. The van der Waals surface area contributed by atoms with Gasteiger partial charge in [0.2, 0.25) is 0 Å². The van der Waals surface area contributed by atoms with Gasteiger partial charge in [-0.2, -0.15) is 0 Å². The molecule has 0 saturated carbocycles. The van der Waals surface area contributed by atoms with Gasteiger partial charge in [-0.3, -0.25) is 9.69 Å². The minimum Gasteiger partial charge on any atom is -0.335 e. The molecule has 4 aromatic rings. The average molecular weight is 420 g/mol. The molecule has 0 radical (unpaired) electrons. The molecule has 5 rings (SSSR count). The number of hydrogen-bond donors (Lipinski definition) is 0. The third-order valence-electron chi connectivity index (χ3n) is 5.38. The van der Waals surface area contributed by atoms with Crippen LogP contribution in [0.1, 0.15) is 15.2 Å². The smallest absolute Gasteiger partial charge is 0.265 e. The molecule has 0 N–H and O–H groups in total. The molecule has 2 aromatic carbocycles. The van der Waals surface area contributed by atoms with E-state index in [1.807, 2.05) is 22.4 Å². The summed E-state index contributed by atoms with van der Waals surface area (Å²) < 4.78 is 0. The maximum absolute atomic E-state index is 12.9. The quantitative estimate of drug-likeness (QED) is 0.468. The Hall–Kier alpha value is -2.54. The van der Waals surface area contributed by atoms with E-state index in [1.165, 1.54) is 27.7 Å². The van der Waals surface area contributed by atoms with Crippen molar-refractivity contribution < 1.29 is 4.79 Å². The molecular weight excluding hydrogens is 398 g/mol. The van der Waals surface area contributed by atoms with Crippen LogP contribution >= 0.6 is 22.7 Å². The zero-order valence-electron chi connectivity index (χ0n) is 16.0. The van der Waals surface area contributed by atoms with Crippen LogP contribution in [0.5, 0.6) is 0 Å². The van der Waals surface area contributed by atoms with E-state index in [0.717, 1.165) is 47.5 Å². The summed E-state index contributed by atoms with van der Waals surface area (Å²) >= 11 is 3.15. The van der Waals surface area contributed by atoms with E-state index in [2.05, 4.69) is 52.3 Å². The third-order valence-corrected chi connectivity index (χ3v) is 7.41. The number of amides is 1. The van der Waals surface area contributed by atoms with Gasteiger partial charge in [-0.05, 0) is 27.8 Å². The molecule has 1 fully saturated rings. The first-order chi connectivity index (χ1) is 14.3. The first-order valence-electron chi connectivity index (χ1n) is 9.76. The minimum atomic E-state index is 0.107. The van der Waals surface area contributed by atoms with Gasteiger partial charge in [-0.1, -0.05) is 48.5 Å². The molecule has 6 heteroatoms. The van der Waals surface area contributed by atoms with Crippen molar-refractivity contribution in [2.75, 3.05) is 26.2 Å². The number of hydrogen-bond acceptors (Lipinski definition) is 5. The van der Waals surface area contributed by atoms with Crippen LogP contribution in [0.3, 0.4) is 0 Å². The van der Waals surface area contributed by atoms with Crippen molar-refractivity contribution in [3.8, 4) is 9.88 Å². The number of thiophene rings is 1. The van der Waals surface area contributed by atoms with Gasteiger partial charge in [0.05, 0.1) is 11.1 Å². The highest BCUT2D eigenvalue weighted by Crippen LogP contribution is 2.29. The van der Waals surface area contributed by atoms with Gasteiger partial charge in [-0.15, -0.1) is 22.7 Å². The van der Waals surface area contributed by atoms with Crippen LogP contribution < -0.4 is 0 Å². The van der Waals surface area contributed by atoms with E-state index in [0.29, 0.717) is 0 Å². The predicted molar refractivity (Wildman–Crippen MR) is 121 cm³/mol. The Balaban J connectivity index is 1.23. The molecule has 4 nitrogen and oxygen atoms in total. The number of aromatic nitrogens is 1. The molecule has 0 spiro atoms. The summed E-state index contributed by atoms with van der Waals surface area (Å²) in [4.78, 5) is 23.6. The fourth-order valence-electron chi connectivity index (χ4n) is 3.82. The highest BCUT2D eigenvalue weighted by molar-refractivity contribution is 7.21. The molecule has 1 aliphatic heterocycles. The van der Waals surface area contributed by atoms with Gasteiger partial charge in [0.25, 0.3) is 5.91 Å². The van der Waals surface area contributed by atoms with Gasteiger partial charge in [0.1, 0.15) is 9.88 Å². The van der Waals surface area contributed by atoms with E-state index in [1.54, 1.807) is 17.5 Å². The summed E-state index contributed by atoms with van der Waals surface area (Å²) in [6.45, 7) is 4.23. The van der Waals surface area contributed by atoms with Crippen molar-refractivity contribution in [1.29, 1.82) is 0 Å². The van der Waals surface area contributed by atoms with E-state index < -0.39 is 0 Å². The second-order valence-corrected chi connectivity index (χ2v) is 9.19. The van der Waals surface area contributed by atoms with Crippen molar-refractivity contribution in [3.63, 3.8) is 0 Å². The molecule has 1 aliphatic rings. The van der Waals surface area contributed by atoms with Crippen LogP contribution in [0.25, 0.3) is 20.7 Å². The number of rotatable bonds is 4. The molecule has 0 bridgehead atoms. The SMILES string of the molecule is O=C(c1cnc(-c2cccs2)s1)N1CCN(Cc2cccc3ccccc23)CC1. The van der Waals surface area contributed by atoms with E-state index in [9.17, 15) is 4.79 Å². The van der Waals surface area contributed by atoms with Crippen molar-refractivity contribution >= 4 is 39.4 Å². The summed E-state index contributed by atoms with van der Waals surface area (Å²) in [7, 11) is 0. The predicted octanol–water partition coefficient (Wildman–Crippen LogP) is 4.98. The number of benzene rings is 2. The summed E-state index contributed by atoms with van der Waals surface area (Å²) in [6, 6.07) is 19.1. The van der Waals surface area contributed by atoms with Gasteiger partial charge in [0, 0.05) is 32.7 Å². The molecule has 1 amide bonds. The topological polar surface area (TPSA) is 36.4 Å². The Morgan fingerprint density at radius 3 is 2.62 bits per heavy atom. The van der Waals surface area contributed by atoms with Crippen molar-refractivity contribution in [1.82, 2.24) is 14.8 Å². The number of thiazole rings is 1. The zero-order chi connectivity index (χ0) is 19.6. The Labute approximate surface area is 178 Å². The highest BCUT2D eigenvalue weighted by atomic mass is 32.1. The number of carbonyl (C=O) groups is 1. The largest absolute Gasteiger partial charge is 0.335 e.